The zero-order valence-electron chi connectivity index (χ0n) is 8.27. The van der Waals surface area contributed by atoms with Crippen molar-refractivity contribution in [2.45, 2.75) is 51.9 Å². The van der Waals surface area contributed by atoms with Crippen LogP contribution in [0.15, 0.2) is 0 Å². The number of carbonyl (C=O) groups is 1. The lowest BCUT2D eigenvalue weighted by Gasteiger charge is -1.99. The van der Waals surface area contributed by atoms with Gasteiger partial charge in [-0.15, -0.1) is 0 Å². The molecule has 0 aromatic heterocycles. The van der Waals surface area contributed by atoms with Gasteiger partial charge in [-0.2, -0.15) is 0 Å². The van der Waals surface area contributed by atoms with Crippen molar-refractivity contribution >= 4 is 5.97 Å². The van der Waals surface area contributed by atoms with Gasteiger partial charge in [0.25, 0.3) is 0 Å². The highest BCUT2D eigenvalue weighted by atomic mass is 18.4. The van der Waals surface area contributed by atoms with Gasteiger partial charge in [0, 0.05) is 6.42 Å². The molecular formula is C10H20O2. The van der Waals surface area contributed by atoms with E-state index in [0.29, 0.717) is 6.42 Å². The maximum absolute atomic E-state index is 10.7. The fourth-order valence-corrected chi connectivity index (χ4v) is 1.15. The average molecular weight is 176 g/mol. The molecular weight excluding hydrogens is 156 g/mol. The van der Waals surface area contributed by atoms with Gasteiger partial charge in [0.1, 0.15) is 0 Å². The first-order valence-corrected chi connectivity index (χ1v) is 4.88. The van der Waals surface area contributed by atoms with E-state index in [1.165, 1.54) is 32.8 Å². The van der Waals surface area contributed by atoms with E-state index < -0.39 is 0 Å². The van der Waals surface area contributed by atoms with E-state index in [1.807, 2.05) is 0 Å². The van der Waals surface area contributed by atoms with E-state index in [4.69, 9.17) is 0 Å². The molecule has 0 saturated heterocycles. The van der Waals surface area contributed by atoms with Crippen LogP contribution < -0.4 is 0 Å². The van der Waals surface area contributed by atoms with E-state index in [-0.39, 0.29) is 5.97 Å². The second kappa shape index (κ2) is 8.57. The van der Waals surface area contributed by atoms with Crippen molar-refractivity contribution in [3.8, 4) is 0 Å². The number of hydrogen-bond acceptors (Lipinski definition) is 2. The largest absolute Gasteiger partial charge is 0.469 e. The Bertz CT molecular complexity index is 110. The molecule has 0 aromatic carbocycles. The summed E-state index contributed by atoms with van der Waals surface area (Å²) in [5, 5.41) is 0. The minimum Gasteiger partial charge on any atom is -0.469 e. The first-order chi connectivity index (χ1) is 5.81. The number of carbonyl (C=O) groups excluding carboxylic acids is 1. The second-order valence-electron chi connectivity index (χ2n) is 3.09. The number of unbranched alkanes of at least 4 members (excludes halogenated alkanes) is 5. The molecule has 0 atom stereocenters. The lowest BCUT2D eigenvalue weighted by molar-refractivity contribution is -0.140. The summed E-state index contributed by atoms with van der Waals surface area (Å²) in [6.07, 6.45) is 7.88. The summed E-state index contributed by atoms with van der Waals surface area (Å²) in [6, 6.07) is 0. The Morgan fingerprint density at radius 3 is 2.25 bits per heavy atom. The molecule has 0 bridgehead atoms. The molecule has 2 nitrogen and oxygen atoms in total. The number of hydrogen-bond donors (Lipinski definition) is 0. The molecule has 72 valence electrons. The molecule has 0 radical (unpaired) electrons. The van der Waals surface area contributed by atoms with Crippen molar-refractivity contribution in [1.29, 1.82) is 0 Å². The molecule has 0 unspecified atom stereocenters. The van der Waals surface area contributed by atoms with E-state index in [2.05, 4.69) is 11.7 Å². The highest BCUT2D eigenvalue weighted by Crippen LogP contribution is 2.06. The van der Waals surface area contributed by atoms with Crippen molar-refractivity contribution in [3.63, 3.8) is 0 Å². The second-order valence-corrected chi connectivity index (χ2v) is 3.09. The predicted octanol–water partition coefficient (Wildman–Crippen LogP) is 2.91. The number of methoxy groups -OCH3 is 1. The fourth-order valence-electron chi connectivity index (χ4n) is 1.15. The summed E-state index contributed by atoms with van der Waals surface area (Å²) >= 11 is 0. The van der Waals surface area contributed by atoms with Crippen LogP contribution in [0.1, 0.15) is 51.9 Å². The molecule has 0 aromatic rings. The molecule has 0 amide bonds. The summed E-state index contributed by atoms with van der Waals surface area (Å²) in [5.41, 5.74) is 0. The van der Waals surface area contributed by atoms with Crippen LogP contribution in [0.4, 0.5) is 0 Å². The van der Waals surface area contributed by atoms with Gasteiger partial charge in [-0.05, 0) is 6.42 Å². The Hall–Kier alpha value is -0.530. The highest BCUT2D eigenvalue weighted by molar-refractivity contribution is 5.68. The monoisotopic (exact) mass is 176 g/mol. The molecule has 0 aliphatic carbocycles. The summed E-state index contributed by atoms with van der Waals surface area (Å²) in [4.78, 5) is 10.7. The van der Waals surface area contributed by atoms with Crippen LogP contribution >= 0.6 is 0 Å². The quantitative estimate of drug-likeness (QED) is 0.339. The van der Waals surface area contributed by atoms with E-state index in [0.717, 1.165) is 12.8 Å². The van der Waals surface area contributed by atoms with Crippen LogP contribution in [0, 0.1) is 0 Å². The van der Waals surface area contributed by atoms with Gasteiger partial charge >= 0.3 is 5.97 Å². The van der Waals surface area contributed by atoms with Crippen LogP contribution in [0.2, 0.25) is 0 Å². The van der Waals surface area contributed by atoms with Crippen LogP contribution in [-0.2, 0) is 9.53 Å². The molecule has 12 heavy (non-hydrogen) atoms. The molecule has 0 heterocycles. The summed E-state index contributed by atoms with van der Waals surface area (Å²) in [5.74, 6) is -0.0782. The van der Waals surface area contributed by atoms with E-state index in [9.17, 15) is 4.79 Å². The Labute approximate surface area is 75.3 Å². The smallest absolute Gasteiger partial charge is 0.305 e. The summed E-state index contributed by atoms with van der Waals surface area (Å²) in [6.45, 7) is 2.20. The molecule has 0 aliphatic heterocycles. The molecule has 0 N–H and O–H groups in total. The number of rotatable bonds is 7. The highest BCUT2D eigenvalue weighted by Gasteiger charge is 1.98. The van der Waals surface area contributed by atoms with Crippen molar-refractivity contribution in [3.05, 3.63) is 0 Å². The normalized spacial score (nSPS) is 9.83. The molecule has 2 heteroatoms. The third kappa shape index (κ3) is 7.58. The van der Waals surface area contributed by atoms with Gasteiger partial charge in [-0.25, -0.2) is 0 Å². The Balaban J connectivity index is 2.95. The third-order valence-electron chi connectivity index (χ3n) is 1.96. The topological polar surface area (TPSA) is 26.3 Å². The zero-order chi connectivity index (χ0) is 9.23. The predicted molar refractivity (Wildman–Crippen MR) is 50.0 cm³/mol. The molecule has 0 saturated carbocycles. The van der Waals surface area contributed by atoms with Crippen molar-refractivity contribution in [2.75, 3.05) is 7.11 Å². The fraction of sp³-hybridized carbons (Fsp3) is 0.900. The van der Waals surface area contributed by atoms with Gasteiger partial charge in [0.2, 0.25) is 0 Å². The van der Waals surface area contributed by atoms with Gasteiger partial charge in [0.15, 0.2) is 0 Å². The Kier molecular flexibility index (Phi) is 8.19. The molecule has 0 spiro atoms. The number of esters is 1. The summed E-state index contributed by atoms with van der Waals surface area (Å²) < 4.78 is 4.54. The average Bonchev–Trinajstić information content (AvgIpc) is 2.10. The minimum atomic E-state index is -0.0782. The maximum atomic E-state index is 10.7. The van der Waals surface area contributed by atoms with Crippen molar-refractivity contribution in [1.82, 2.24) is 0 Å². The van der Waals surface area contributed by atoms with Crippen LogP contribution in [0.5, 0.6) is 0 Å². The Morgan fingerprint density at radius 2 is 1.67 bits per heavy atom. The zero-order valence-corrected chi connectivity index (χ0v) is 8.27. The molecule has 0 aliphatic rings. The van der Waals surface area contributed by atoms with Gasteiger partial charge < -0.3 is 4.74 Å². The molecule has 0 rings (SSSR count). The van der Waals surface area contributed by atoms with Gasteiger partial charge in [-0.3, -0.25) is 4.79 Å². The van der Waals surface area contributed by atoms with Crippen LogP contribution in [0.3, 0.4) is 0 Å². The van der Waals surface area contributed by atoms with Crippen molar-refractivity contribution < 1.29 is 9.53 Å². The van der Waals surface area contributed by atoms with Gasteiger partial charge in [-0.1, -0.05) is 39.0 Å². The van der Waals surface area contributed by atoms with E-state index in [1.54, 1.807) is 0 Å². The Morgan fingerprint density at radius 1 is 1.08 bits per heavy atom. The summed E-state index contributed by atoms with van der Waals surface area (Å²) in [7, 11) is 1.44. The lowest BCUT2D eigenvalue weighted by atomic mass is 10.1. The lowest BCUT2D eigenvalue weighted by Crippen LogP contribution is -1.98. The van der Waals surface area contributed by atoms with Crippen LogP contribution in [0.25, 0.3) is 0 Å². The molecule has 0 fully saturated rings. The SMILES string of the molecule is CCCCCCCCC(=[18O])[18O]C. The third-order valence-corrected chi connectivity index (χ3v) is 1.96. The maximum Gasteiger partial charge on any atom is 0.305 e. The first-order valence-electron chi connectivity index (χ1n) is 4.88. The number of ether oxygens (including phenoxy) is 1. The van der Waals surface area contributed by atoms with Crippen LogP contribution in [-0.4, -0.2) is 13.1 Å². The standard InChI is InChI=1S/C10H20O2/c1-3-4-5-6-7-8-9-10(11)12-2/h3-9H2,1-2H3/i11+2,12+2. The first kappa shape index (κ1) is 11.5. The van der Waals surface area contributed by atoms with Crippen molar-refractivity contribution in [2.24, 2.45) is 0 Å². The van der Waals surface area contributed by atoms with E-state index >= 15 is 0 Å². The van der Waals surface area contributed by atoms with Gasteiger partial charge in [0.05, 0.1) is 7.11 Å². The minimum absolute atomic E-state index is 0.0782.